The van der Waals surface area contributed by atoms with Crippen LogP contribution in [0.5, 0.6) is 0 Å². The second-order valence-corrected chi connectivity index (χ2v) is 1.07. The summed E-state index contributed by atoms with van der Waals surface area (Å²) in [4.78, 5) is 0. The molecule has 2 N–H and O–H groups in total. The zero-order valence-electron chi connectivity index (χ0n) is 4.63. The van der Waals surface area contributed by atoms with E-state index in [0.717, 1.165) is 0 Å². The third kappa shape index (κ3) is 48.9. The number of hydrogen-bond acceptors (Lipinski definition) is 1. The maximum absolute atomic E-state index is 10.7. The molecule has 0 atom stereocenters. The van der Waals surface area contributed by atoms with Crippen molar-refractivity contribution < 1.29 is 26.1 Å². The van der Waals surface area contributed by atoms with Crippen LogP contribution in [-0.2, 0) is 0 Å². The predicted molar refractivity (Wildman–Crippen MR) is 24.2 cm³/mol. The summed E-state index contributed by atoms with van der Waals surface area (Å²) in [5.41, 5.74) is 4.18. The summed E-state index contributed by atoms with van der Waals surface area (Å²) in [6.45, 7) is -1.23. The third-order valence-corrected chi connectivity index (χ3v) is 0.231. The first kappa shape index (κ1) is 12.3. The molecule has 0 aromatic rings. The Morgan fingerprint density at radius 3 is 1.20 bits per heavy atom. The first-order valence-corrected chi connectivity index (χ1v) is 1.98. The Hall–Kier alpha value is -0.395. The molecule has 0 fully saturated rings. The SMILES string of the molecule is FB(F)F.NCC(F)(F)F. The molecule has 0 spiro atoms. The van der Waals surface area contributed by atoms with E-state index in [1.807, 2.05) is 0 Å². The molecule has 0 aromatic carbocycles. The lowest BCUT2D eigenvalue weighted by atomic mass is 10.5. The highest BCUT2D eigenvalue weighted by atomic mass is 19.4. The number of alkyl halides is 3. The van der Waals surface area contributed by atoms with E-state index in [4.69, 9.17) is 0 Å². The van der Waals surface area contributed by atoms with Gasteiger partial charge in [0, 0.05) is 0 Å². The summed E-state index contributed by atoms with van der Waals surface area (Å²) in [6.07, 6.45) is -4.18. The second kappa shape index (κ2) is 5.39. The van der Waals surface area contributed by atoms with Crippen molar-refractivity contribution in [1.82, 2.24) is 0 Å². The summed E-state index contributed by atoms with van der Waals surface area (Å²) in [5.74, 6) is 0. The van der Waals surface area contributed by atoms with E-state index < -0.39 is 20.3 Å². The van der Waals surface area contributed by atoms with Crippen LogP contribution >= 0.6 is 0 Å². The third-order valence-electron chi connectivity index (χ3n) is 0.231. The van der Waals surface area contributed by atoms with Crippen LogP contribution in [0, 0.1) is 0 Å². The maximum Gasteiger partial charge on any atom is 0.762 e. The van der Waals surface area contributed by atoms with Crippen molar-refractivity contribution in [2.75, 3.05) is 6.54 Å². The van der Waals surface area contributed by atoms with Gasteiger partial charge >= 0.3 is 13.7 Å². The minimum Gasteiger partial charge on any atom is -0.323 e. The fourth-order valence-electron chi connectivity index (χ4n) is 0. The van der Waals surface area contributed by atoms with Crippen LogP contribution in [0.1, 0.15) is 0 Å². The van der Waals surface area contributed by atoms with Gasteiger partial charge in [0.15, 0.2) is 0 Å². The van der Waals surface area contributed by atoms with Crippen LogP contribution in [0.4, 0.5) is 26.1 Å². The molecule has 0 aliphatic carbocycles. The van der Waals surface area contributed by atoms with Gasteiger partial charge in [-0.2, -0.15) is 13.2 Å². The minimum atomic E-state index is -4.18. The van der Waals surface area contributed by atoms with Crippen LogP contribution < -0.4 is 5.73 Å². The average molecular weight is 167 g/mol. The highest BCUT2D eigenvalue weighted by Gasteiger charge is 2.23. The largest absolute Gasteiger partial charge is 0.762 e. The summed E-state index contributed by atoms with van der Waals surface area (Å²) >= 11 is 0. The van der Waals surface area contributed by atoms with Gasteiger partial charge in [-0.15, -0.1) is 0 Å². The molecule has 0 saturated carbocycles. The summed E-state index contributed by atoms with van der Waals surface area (Å²) in [5, 5.41) is 0. The zero-order valence-corrected chi connectivity index (χ0v) is 4.63. The molecule has 8 heteroatoms. The lowest BCUT2D eigenvalue weighted by Gasteiger charge is -1.96. The topological polar surface area (TPSA) is 26.0 Å². The van der Waals surface area contributed by atoms with Crippen LogP contribution in [0.15, 0.2) is 0 Å². The van der Waals surface area contributed by atoms with Gasteiger partial charge in [0.25, 0.3) is 0 Å². The molecule has 0 aromatic heterocycles. The Kier molecular flexibility index (Phi) is 6.63. The van der Waals surface area contributed by atoms with E-state index in [2.05, 4.69) is 5.73 Å². The van der Waals surface area contributed by atoms with Gasteiger partial charge in [0.05, 0.1) is 6.54 Å². The molecule has 0 aliphatic rings. The van der Waals surface area contributed by atoms with E-state index in [9.17, 15) is 26.1 Å². The highest BCUT2D eigenvalue weighted by Crippen LogP contribution is 2.10. The maximum atomic E-state index is 10.7. The highest BCUT2D eigenvalue weighted by molar-refractivity contribution is 6.33. The number of hydrogen-bond donors (Lipinski definition) is 1. The normalized spacial score (nSPS) is 9.90. The summed E-state index contributed by atoms with van der Waals surface area (Å²) < 4.78 is 61.0. The van der Waals surface area contributed by atoms with Gasteiger partial charge in [-0.05, 0) is 0 Å². The molecule has 0 amide bonds. The van der Waals surface area contributed by atoms with E-state index >= 15 is 0 Å². The minimum absolute atomic E-state index is 1.23. The van der Waals surface area contributed by atoms with Crippen molar-refractivity contribution in [1.29, 1.82) is 0 Å². The molecular formula is C2H4BF6N. The monoisotopic (exact) mass is 167 g/mol. The Bertz CT molecular complexity index is 67.9. The quantitative estimate of drug-likeness (QED) is 0.428. The Balaban J connectivity index is 0. The Morgan fingerprint density at radius 1 is 1.10 bits per heavy atom. The van der Waals surface area contributed by atoms with E-state index in [1.54, 1.807) is 0 Å². The smallest absolute Gasteiger partial charge is 0.323 e. The van der Waals surface area contributed by atoms with Gasteiger partial charge in [0.1, 0.15) is 0 Å². The molecular weight excluding hydrogens is 163 g/mol. The van der Waals surface area contributed by atoms with Crippen molar-refractivity contribution >= 4 is 7.54 Å². The van der Waals surface area contributed by atoms with Crippen molar-refractivity contribution in [3.05, 3.63) is 0 Å². The van der Waals surface area contributed by atoms with Crippen molar-refractivity contribution in [3.63, 3.8) is 0 Å². The van der Waals surface area contributed by atoms with Gasteiger partial charge in [0.2, 0.25) is 0 Å². The summed E-state index contributed by atoms with van der Waals surface area (Å²) in [6, 6.07) is 0. The first-order chi connectivity index (χ1) is 4.29. The van der Waals surface area contributed by atoms with Crippen molar-refractivity contribution in [2.45, 2.75) is 6.18 Å². The molecule has 0 bridgehead atoms. The average Bonchev–Trinajstić information content (AvgIpc) is 1.63. The molecule has 0 unspecified atom stereocenters. The van der Waals surface area contributed by atoms with Gasteiger partial charge in [-0.3, -0.25) is 12.9 Å². The molecule has 0 aliphatic heterocycles. The number of nitrogens with two attached hydrogens (primary N) is 1. The van der Waals surface area contributed by atoms with E-state index in [0.29, 0.717) is 0 Å². The zero-order chi connectivity index (χ0) is 8.78. The number of halogens is 6. The standard InChI is InChI=1S/C2H4F3N.BF3/c3-2(4,5)1-6;2-1(3)4/h1,6H2;. The molecule has 10 heavy (non-hydrogen) atoms. The molecule has 62 valence electrons. The van der Waals surface area contributed by atoms with E-state index in [1.165, 1.54) is 0 Å². The van der Waals surface area contributed by atoms with Crippen LogP contribution in [-0.4, -0.2) is 20.3 Å². The molecule has 1 nitrogen and oxygen atoms in total. The Labute approximate surface area is 53.4 Å². The fourth-order valence-corrected chi connectivity index (χ4v) is 0. The van der Waals surface area contributed by atoms with E-state index in [-0.39, 0.29) is 0 Å². The molecule has 0 heterocycles. The lowest BCUT2D eigenvalue weighted by Crippen LogP contribution is -2.21. The van der Waals surface area contributed by atoms with Gasteiger partial charge in [-0.1, -0.05) is 0 Å². The van der Waals surface area contributed by atoms with Crippen molar-refractivity contribution in [3.8, 4) is 0 Å². The van der Waals surface area contributed by atoms with Gasteiger partial charge in [-0.25, -0.2) is 0 Å². The number of rotatable bonds is 0. The fraction of sp³-hybridized carbons (Fsp3) is 1.00. The van der Waals surface area contributed by atoms with Crippen LogP contribution in [0.3, 0.4) is 0 Å². The molecule has 0 rings (SSSR count). The van der Waals surface area contributed by atoms with Crippen LogP contribution in [0.2, 0.25) is 0 Å². The predicted octanol–water partition coefficient (Wildman–Crippen LogP) is 1.39. The van der Waals surface area contributed by atoms with Crippen molar-refractivity contribution in [2.24, 2.45) is 5.73 Å². The second-order valence-electron chi connectivity index (χ2n) is 1.07. The lowest BCUT2D eigenvalue weighted by molar-refractivity contribution is -0.118. The summed E-state index contributed by atoms with van der Waals surface area (Å²) in [7, 11) is -3.67. The molecule has 0 radical (unpaired) electrons. The molecule has 0 saturated heterocycles. The first-order valence-electron chi connectivity index (χ1n) is 1.98. The van der Waals surface area contributed by atoms with Crippen LogP contribution in [0.25, 0.3) is 0 Å². The van der Waals surface area contributed by atoms with Gasteiger partial charge < -0.3 is 5.73 Å². The Morgan fingerprint density at radius 2 is 1.20 bits per heavy atom.